The predicted molar refractivity (Wildman–Crippen MR) is 81.2 cm³/mol. The van der Waals surface area contributed by atoms with Crippen LogP contribution in [-0.4, -0.2) is 36.0 Å². The minimum Gasteiger partial charge on any atom is -0.444 e. The smallest absolute Gasteiger partial charge is 0.410 e. The number of rotatable bonds is 3. The first-order chi connectivity index (χ1) is 9.90. The number of nitrogens with zero attached hydrogens (tertiary/aromatic N) is 1. The number of aldehydes is 1. The summed E-state index contributed by atoms with van der Waals surface area (Å²) in [6.07, 6.45) is 1.54. The standard InChI is InChI=1S/C17H23NO3/c1-17(2,3)21-16(20)18-10-9-14(11-18)15(12-19)13-7-5-4-6-8-13/h4-8,12,14-15H,9-11H2,1-3H3. The average Bonchev–Trinajstić information content (AvgIpc) is 2.89. The van der Waals surface area contributed by atoms with Crippen molar-refractivity contribution in [2.75, 3.05) is 13.1 Å². The van der Waals surface area contributed by atoms with Gasteiger partial charge in [0.05, 0.1) is 0 Å². The maximum atomic E-state index is 12.1. The highest BCUT2D eigenvalue weighted by Gasteiger charge is 2.34. The van der Waals surface area contributed by atoms with E-state index in [1.165, 1.54) is 0 Å². The topological polar surface area (TPSA) is 46.6 Å². The summed E-state index contributed by atoms with van der Waals surface area (Å²) in [6, 6.07) is 9.75. The average molecular weight is 289 g/mol. The number of benzene rings is 1. The van der Waals surface area contributed by atoms with Gasteiger partial charge in [0.1, 0.15) is 11.9 Å². The van der Waals surface area contributed by atoms with E-state index in [0.29, 0.717) is 13.1 Å². The fourth-order valence-corrected chi connectivity index (χ4v) is 2.71. The highest BCUT2D eigenvalue weighted by molar-refractivity contribution is 5.69. The first kappa shape index (κ1) is 15.5. The van der Waals surface area contributed by atoms with E-state index in [1.54, 1.807) is 4.90 Å². The Morgan fingerprint density at radius 3 is 2.57 bits per heavy atom. The Hall–Kier alpha value is -1.84. The van der Waals surface area contributed by atoms with Crippen molar-refractivity contribution in [3.8, 4) is 0 Å². The van der Waals surface area contributed by atoms with Crippen LogP contribution in [0.25, 0.3) is 0 Å². The molecule has 1 aromatic rings. The van der Waals surface area contributed by atoms with Crippen molar-refractivity contribution in [2.45, 2.75) is 38.7 Å². The molecule has 4 heteroatoms. The molecular formula is C17H23NO3. The van der Waals surface area contributed by atoms with E-state index in [4.69, 9.17) is 4.74 Å². The molecule has 2 atom stereocenters. The molecule has 21 heavy (non-hydrogen) atoms. The fourth-order valence-electron chi connectivity index (χ4n) is 2.71. The number of hydrogen-bond acceptors (Lipinski definition) is 3. The van der Waals surface area contributed by atoms with Gasteiger partial charge in [-0.1, -0.05) is 30.3 Å². The summed E-state index contributed by atoms with van der Waals surface area (Å²) in [5.41, 5.74) is 0.530. The van der Waals surface area contributed by atoms with E-state index in [9.17, 15) is 9.59 Å². The third-order valence-electron chi connectivity index (χ3n) is 3.72. The monoisotopic (exact) mass is 289 g/mol. The summed E-state index contributed by atoms with van der Waals surface area (Å²) < 4.78 is 5.39. The van der Waals surface area contributed by atoms with Crippen LogP contribution in [0.5, 0.6) is 0 Å². The van der Waals surface area contributed by atoms with Crippen LogP contribution in [-0.2, 0) is 9.53 Å². The molecule has 0 saturated carbocycles. The first-order valence-corrected chi connectivity index (χ1v) is 7.39. The minimum absolute atomic E-state index is 0.154. The van der Waals surface area contributed by atoms with Gasteiger partial charge in [0, 0.05) is 19.0 Å². The lowest BCUT2D eigenvalue weighted by atomic mass is 9.86. The number of carbonyl (C=O) groups is 2. The zero-order chi connectivity index (χ0) is 15.5. The molecule has 0 aliphatic carbocycles. The predicted octanol–water partition coefficient (Wildman–Crippen LogP) is 3.23. The molecule has 0 aromatic heterocycles. The molecule has 2 rings (SSSR count). The molecule has 114 valence electrons. The summed E-state index contributed by atoms with van der Waals surface area (Å²) in [5.74, 6) is 0.0102. The van der Waals surface area contributed by atoms with Gasteiger partial charge in [0.25, 0.3) is 0 Å². The molecule has 1 saturated heterocycles. The van der Waals surface area contributed by atoms with Gasteiger partial charge in [-0.15, -0.1) is 0 Å². The van der Waals surface area contributed by atoms with Crippen molar-refractivity contribution in [1.82, 2.24) is 4.90 Å². The summed E-state index contributed by atoms with van der Waals surface area (Å²) in [4.78, 5) is 25.2. The Morgan fingerprint density at radius 1 is 1.33 bits per heavy atom. The molecule has 0 bridgehead atoms. The van der Waals surface area contributed by atoms with E-state index in [-0.39, 0.29) is 17.9 Å². The van der Waals surface area contributed by atoms with Crippen LogP contribution in [0, 0.1) is 5.92 Å². The SMILES string of the molecule is CC(C)(C)OC(=O)N1CCC(C(C=O)c2ccccc2)C1. The van der Waals surface area contributed by atoms with Crippen LogP contribution in [0.1, 0.15) is 38.7 Å². The van der Waals surface area contributed by atoms with Gasteiger partial charge in [0.15, 0.2) is 0 Å². The maximum absolute atomic E-state index is 12.1. The number of ether oxygens (including phenoxy) is 1. The second kappa shape index (κ2) is 6.29. The highest BCUT2D eigenvalue weighted by Crippen LogP contribution is 2.31. The van der Waals surface area contributed by atoms with Crippen molar-refractivity contribution >= 4 is 12.4 Å². The van der Waals surface area contributed by atoms with Gasteiger partial charge >= 0.3 is 6.09 Å². The third kappa shape index (κ3) is 4.06. The van der Waals surface area contributed by atoms with E-state index in [0.717, 1.165) is 18.3 Å². The Bertz CT molecular complexity index is 493. The van der Waals surface area contributed by atoms with E-state index in [2.05, 4.69) is 0 Å². The Morgan fingerprint density at radius 2 is 2.00 bits per heavy atom. The molecule has 1 amide bonds. The van der Waals surface area contributed by atoms with Crippen molar-refractivity contribution in [3.05, 3.63) is 35.9 Å². The van der Waals surface area contributed by atoms with E-state index in [1.807, 2.05) is 51.1 Å². The van der Waals surface area contributed by atoms with E-state index >= 15 is 0 Å². The van der Waals surface area contributed by atoms with Gasteiger partial charge < -0.3 is 14.4 Å². The molecular weight excluding hydrogens is 266 g/mol. The summed E-state index contributed by atoms with van der Waals surface area (Å²) in [6.45, 7) is 6.80. The molecule has 1 aliphatic heterocycles. The summed E-state index contributed by atoms with van der Waals surface area (Å²) >= 11 is 0. The quantitative estimate of drug-likeness (QED) is 0.803. The van der Waals surface area contributed by atoms with Gasteiger partial charge in [-0.3, -0.25) is 0 Å². The first-order valence-electron chi connectivity index (χ1n) is 7.39. The number of carbonyl (C=O) groups excluding carboxylic acids is 2. The van der Waals surface area contributed by atoms with Crippen molar-refractivity contribution in [2.24, 2.45) is 5.92 Å². The fraction of sp³-hybridized carbons (Fsp3) is 0.529. The largest absolute Gasteiger partial charge is 0.444 e. The minimum atomic E-state index is -0.487. The summed E-state index contributed by atoms with van der Waals surface area (Å²) in [7, 11) is 0. The van der Waals surface area contributed by atoms with Crippen LogP contribution in [0.15, 0.2) is 30.3 Å². The zero-order valence-electron chi connectivity index (χ0n) is 12.9. The van der Waals surface area contributed by atoms with E-state index < -0.39 is 5.60 Å². The molecule has 1 aliphatic rings. The molecule has 1 aromatic carbocycles. The van der Waals surface area contributed by atoms with Gasteiger partial charge in [0.2, 0.25) is 0 Å². The van der Waals surface area contributed by atoms with Crippen LogP contribution >= 0.6 is 0 Å². The molecule has 0 N–H and O–H groups in total. The maximum Gasteiger partial charge on any atom is 0.410 e. The highest BCUT2D eigenvalue weighted by atomic mass is 16.6. The third-order valence-corrected chi connectivity index (χ3v) is 3.72. The van der Waals surface area contributed by atoms with Gasteiger partial charge in [-0.25, -0.2) is 4.79 Å². The van der Waals surface area contributed by atoms with Crippen molar-refractivity contribution in [3.63, 3.8) is 0 Å². The lowest BCUT2D eigenvalue weighted by molar-refractivity contribution is -0.110. The van der Waals surface area contributed by atoms with Crippen LogP contribution in [0.4, 0.5) is 4.79 Å². The Kier molecular flexibility index (Phi) is 4.66. The number of likely N-dealkylation sites (tertiary alicyclic amines) is 1. The Labute approximate surface area is 126 Å². The lowest BCUT2D eigenvalue weighted by Gasteiger charge is -2.25. The zero-order valence-corrected chi connectivity index (χ0v) is 12.9. The van der Waals surface area contributed by atoms with Crippen LogP contribution < -0.4 is 0 Å². The second-order valence-electron chi connectivity index (χ2n) is 6.55. The Balaban J connectivity index is 2.01. The molecule has 1 fully saturated rings. The number of amides is 1. The van der Waals surface area contributed by atoms with Crippen LogP contribution in [0.3, 0.4) is 0 Å². The molecule has 0 spiro atoms. The van der Waals surface area contributed by atoms with Crippen molar-refractivity contribution < 1.29 is 14.3 Å². The molecule has 4 nitrogen and oxygen atoms in total. The second-order valence-corrected chi connectivity index (χ2v) is 6.55. The molecule has 1 heterocycles. The molecule has 2 unspecified atom stereocenters. The normalized spacial score (nSPS) is 20.1. The summed E-state index contributed by atoms with van der Waals surface area (Å²) in [5, 5.41) is 0. The van der Waals surface area contributed by atoms with Crippen molar-refractivity contribution in [1.29, 1.82) is 0 Å². The van der Waals surface area contributed by atoms with Gasteiger partial charge in [-0.05, 0) is 38.7 Å². The number of hydrogen-bond donors (Lipinski definition) is 0. The van der Waals surface area contributed by atoms with Crippen LogP contribution in [0.2, 0.25) is 0 Å². The van der Waals surface area contributed by atoms with Gasteiger partial charge in [-0.2, -0.15) is 0 Å². The lowest BCUT2D eigenvalue weighted by Crippen LogP contribution is -2.35. The molecule has 0 radical (unpaired) electrons.